The molecule has 0 saturated carbocycles. The van der Waals surface area contributed by atoms with Gasteiger partial charge in [-0.1, -0.05) is 0 Å². The fourth-order valence-electron chi connectivity index (χ4n) is 3.87. The van der Waals surface area contributed by atoms with E-state index in [9.17, 15) is 10.2 Å². The highest BCUT2D eigenvalue weighted by molar-refractivity contribution is 4.85. The van der Waals surface area contributed by atoms with Gasteiger partial charge in [-0.15, -0.1) is 0 Å². The topological polar surface area (TPSA) is 46.9 Å². The highest BCUT2D eigenvalue weighted by atomic mass is 16.3. The van der Waals surface area contributed by atoms with Crippen LogP contribution in [-0.2, 0) is 0 Å². The molecule has 6 rings (SSSR count). The van der Waals surface area contributed by atoms with E-state index in [2.05, 4.69) is 9.80 Å². The minimum Gasteiger partial charge on any atom is -0.392 e. The molecular weight excluding hydrogens is 228 g/mol. The monoisotopic (exact) mass is 254 g/mol. The molecule has 4 heteroatoms. The van der Waals surface area contributed by atoms with E-state index in [0.717, 1.165) is 32.0 Å². The number of nitrogens with zero attached hydrogens (tertiary/aromatic N) is 2. The van der Waals surface area contributed by atoms with E-state index in [1.165, 1.54) is 38.8 Å². The number of hydrogen-bond donors (Lipinski definition) is 2. The van der Waals surface area contributed by atoms with Crippen LogP contribution in [0, 0.1) is 11.8 Å². The van der Waals surface area contributed by atoms with Gasteiger partial charge in [0.2, 0.25) is 0 Å². The SMILES string of the molecule is OC1CC2CCN1CC2.OC1CN2CCC1CC2. The van der Waals surface area contributed by atoms with Gasteiger partial charge in [0.15, 0.2) is 0 Å². The summed E-state index contributed by atoms with van der Waals surface area (Å²) in [5, 5.41) is 18.7. The predicted octanol–water partition coefficient (Wildman–Crippen LogP) is 0.493. The maximum atomic E-state index is 9.36. The largest absolute Gasteiger partial charge is 0.392 e. The van der Waals surface area contributed by atoms with Crippen LogP contribution in [-0.4, -0.2) is 65.1 Å². The number of rotatable bonds is 0. The number of hydrogen-bond acceptors (Lipinski definition) is 4. The van der Waals surface area contributed by atoms with Gasteiger partial charge in [-0.3, -0.25) is 4.90 Å². The number of aliphatic hydroxyl groups excluding tert-OH is 2. The molecule has 2 N–H and O–H groups in total. The molecule has 6 fully saturated rings. The Morgan fingerprint density at radius 3 is 1.72 bits per heavy atom. The molecule has 2 atom stereocenters. The Kier molecular flexibility index (Phi) is 3.89. The molecule has 0 aromatic heterocycles. The Morgan fingerprint density at radius 2 is 1.50 bits per heavy atom. The van der Waals surface area contributed by atoms with Crippen LogP contribution in [0.2, 0.25) is 0 Å². The van der Waals surface area contributed by atoms with Crippen LogP contribution in [0.3, 0.4) is 0 Å². The molecule has 6 saturated heterocycles. The summed E-state index contributed by atoms with van der Waals surface area (Å²) in [5.41, 5.74) is 0. The molecule has 6 heterocycles. The Bertz CT molecular complexity index is 243. The molecule has 0 radical (unpaired) electrons. The molecule has 0 spiro atoms. The third-order valence-corrected chi connectivity index (χ3v) is 5.24. The summed E-state index contributed by atoms with van der Waals surface area (Å²) < 4.78 is 0. The molecule has 6 aliphatic rings. The Morgan fingerprint density at radius 1 is 0.833 bits per heavy atom. The van der Waals surface area contributed by atoms with Gasteiger partial charge in [-0.2, -0.15) is 0 Å². The molecule has 0 amide bonds. The average Bonchev–Trinajstić information content (AvgIpc) is 2.41. The highest BCUT2D eigenvalue weighted by Gasteiger charge is 2.32. The van der Waals surface area contributed by atoms with Crippen molar-refractivity contribution in [2.45, 2.75) is 44.4 Å². The summed E-state index contributed by atoms with van der Waals surface area (Å²) in [6.45, 7) is 5.64. The van der Waals surface area contributed by atoms with E-state index in [1.807, 2.05) is 0 Å². The lowest BCUT2D eigenvalue weighted by atomic mass is 9.86. The zero-order valence-electron chi connectivity index (χ0n) is 11.2. The first kappa shape index (κ1) is 12.9. The summed E-state index contributed by atoms with van der Waals surface area (Å²) in [6, 6.07) is 0. The van der Waals surface area contributed by atoms with Gasteiger partial charge < -0.3 is 15.1 Å². The molecule has 6 aliphatic heterocycles. The van der Waals surface area contributed by atoms with Crippen LogP contribution >= 0.6 is 0 Å². The van der Waals surface area contributed by atoms with E-state index < -0.39 is 0 Å². The fraction of sp³-hybridized carbons (Fsp3) is 1.00. The second-order valence-electron chi connectivity index (χ2n) is 6.40. The Balaban J connectivity index is 0.000000111. The van der Waals surface area contributed by atoms with E-state index in [-0.39, 0.29) is 12.3 Å². The minimum absolute atomic E-state index is 0.00694. The van der Waals surface area contributed by atoms with Crippen molar-refractivity contribution in [3.63, 3.8) is 0 Å². The molecule has 0 aliphatic carbocycles. The summed E-state index contributed by atoms with van der Waals surface area (Å²) in [7, 11) is 0. The van der Waals surface area contributed by atoms with Gasteiger partial charge >= 0.3 is 0 Å². The highest BCUT2D eigenvalue weighted by Crippen LogP contribution is 2.30. The first-order valence-corrected chi connectivity index (χ1v) is 7.55. The quantitative estimate of drug-likeness (QED) is 0.660. The van der Waals surface area contributed by atoms with Crippen molar-refractivity contribution in [2.75, 3.05) is 32.7 Å². The maximum absolute atomic E-state index is 9.36. The van der Waals surface area contributed by atoms with E-state index in [0.29, 0.717) is 5.92 Å². The van der Waals surface area contributed by atoms with Crippen LogP contribution in [0.5, 0.6) is 0 Å². The maximum Gasteiger partial charge on any atom is 0.107 e. The van der Waals surface area contributed by atoms with Gasteiger partial charge in [0.25, 0.3) is 0 Å². The van der Waals surface area contributed by atoms with Crippen molar-refractivity contribution in [1.82, 2.24) is 9.80 Å². The molecule has 2 unspecified atom stereocenters. The summed E-state index contributed by atoms with van der Waals surface area (Å²) >= 11 is 0. The predicted molar refractivity (Wildman–Crippen MR) is 70.1 cm³/mol. The van der Waals surface area contributed by atoms with Gasteiger partial charge in [0, 0.05) is 19.6 Å². The average molecular weight is 254 g/mol. The molecule has 4 bridgehead atoms. The lowest BCUT2D eigenvalue weighted by Gasteiger charge is -2.42. The zero-order valence-corrected chi connectivity index (χ0v) is 11.2. The van der Waals surface area contributed by atoms with Crippen molar-refractivity contribution < 1.29 is 10.2 Å². The van der Waals surface area contributed by atoms with Crippen molar-refractivity contribution in [3.05, 3.63) is 0 Å². The standard InChI is InChI=1S/2C7H13NO/c9-7-5-8-3-1-6(7)2-4-8;9-7-5-6-1-3-8(7)4-2-6/h2*6-7,9H,1-5H2. The third kappa shape index (κ3) is 2.72. The fourth-order valence-corrected chi connectivity index (χ4v) is 3.87. The molecule has 0 aromatic carbocycles. The lowest BCUT2D eigenvalue weighted by molar-refractivity contribution is -0.0768. The zero-order chi connectivity index (χ0) is 12.5. The van der Waals surface area contributed by atoms with Gasteiger partial charge in [-0.25, -0.2) is 0 Å². The lowest BCUT2D eigenvalue weighted by Crippen LogP contribution is -2.50. The number of piperidine rings is 6. The first-order valence-electron chi connectivity index (χ1n) is 7.55. The van der Waals surface area contributed by atoms with E-state index in [1.54, 1.807) is 0 Å². The van der Waals surface area contributed by atoms with E-state index >= 15 is 0 Å². The van der Waals surface area contributed by atoms with Crippen molar-refractivity contribution in [3.8, 4) is 0 Å². The number of aliphatic hydroxyl groups is 2. The van der Waals surface area contributed by atoms with Crippen LogP contribution < -0.4 is 0 Å². The van der Waals surface area contributed by atoms with Gasteiger partial charge in [-0.05, 0) is 57.0 Å². The molecular formula is C14H26N2O2. The van der Waals surface area contributed by atoms with Crippen molar-refractivity contribution in [1.29, 1.82) is 0 Å². The molecule has 4 nitrogen and oxygen atoms in total. The third-order valence-electron chi connectivity index (χ3n) is 5.24. The second-order valence-corrected chi connectivity index (χ2v) is 6.40. The first-order chi connectivity index (χ1) is 8.72. The number of fused-ring (bicyclic) bond motifs is 6. The summed E-state index contributed by atoms with van der Waals surface area (Å²) in [5.74, 6) is 1.47. The Labute approximate surface area is 110 Å². The van der Waals surface area contributed by atoms with Gasteiger partial charge in [0.05, 0.1) is 6.10 Å². The molecule has 18 heavy (non-hydrogen) atoms. The normalized spacial score (nSPS) is 49.7. The Hall–Kier alpha value is -0.160. The van der Waals surface area contributed by atoms with Gasteiger partial charge in [0.1, 0.15) is 6.23 Å². The molecule has 0 aromatic rings. The van der Waals surface area contributed by atoms with Crippen molar-refractivity contribution >= 4 is 0 Å². The smallest absolute Gasteiger partial charge is 0.107 e. The second kappa shape index (κ2) is 5.45. The van der Waals surface area contributed by atoms with Crippen LogP contribution in [0.25, 0.3) is 0 Å². The van der Waals surface area contributed by atoms with Crippen molar-refractivity contribution in [2.24, 2.45) is 11.8 Å². The summed E-state index contributed by atoms with van der Waals surface area (Å²) in [4.78, 5) is 4.53. The summed E-state index contributed by atoms with van der Waals surface area (Å²) in [6.07, 6.45) is 6.00. The van der Waals surface area contributed by atoms with Crippen LogP contribution in [0.1, 0.15) is 32.1 Å². The minimum atomic E-state index is -0.0995. The molecule has 104 valence electrons. The van der Waals surface area contributed by atoms with E-state index in [4.69, 9.17) is 0 Å². The van der Waals surface area contributed by atoms with Crippen LogP contribution in [0.4, 0.5) is 0 Å². The van der Waals surface area contributed by atoms with Crippen LogP contribution in [0.15, 0.2) is 0 Å².